The average molecular weight is 285 g/mol. The number of nitrogens with one attached hydrogen (secondary N) is 1. The van der Waals surface area contributed by atoms with Crippen LogP contribution in [-0.4, -0.2) is 23.6 Å². The molecule has 6 heteroatoms. The summed E-state index contributed by atoms with van der Waals surface area (Å²) in [6.45, 7) is 2.29. The number of ether oxygens (including phenoxy) is 1. The lowest BCUT2D eigenvalue weighted by molar-refractivity contribution is 0.168. The van der Waals surface area contributed by atoms with Gasteiger partial charge in [0.2, 0.25) is 0 Å². The molecule has 0 unspecified atom stereocenters. The van der Waals surface area contributed by atoms with E-state index in [1.54, 1.807) is 0 Å². The molecule has 4 nitrogen and oxygen atoms in total. The van der Waals surface area contributed by atoms with E-state index < -0.39 is 6.09 Å². The van der Waals surface area contributed by atoms with Crippen molar-refractivity contribution in [3.63, 3.8) is 0 Å². The third-order valence-corrected chi connectivity index (χ3v) is 3.47. The predicted octanol–water partition coefficient (Wildman–Crippen LogP) is 3.65. The van der Waals surface area contributed by atoms with Gasteiger partial charge in [0.25, 0.3) is 0 Å². The Morgan fingerprint density at radius 1 is 1.56 bits per heavy atom. The van der Waals surface area contributed by atoms with E-state index >= 15 is 0 Å². The Labute approximate surface area is 114 Å². The van der Waals surface area contributed by atoms with Gasteiger partial charge in [0, 0.05) is 0 Å². The maximum atomic E-state index is 11.3. The molecular weight excluding hydrogens is 272 g/mol. The lowest BCUT2D eigenvalue weighted by atomic mass is 10.2. The van der Waals surface area contributed by atoms with E-state index in [4.69, 9.17) is 16.3 Å². The van der Waals surface area contributed by atoms with Gasteiger partial charge in [-0.05, 0) is 24.1 Å². The summed E-state index contributed by atoms with van der Waals surface area (Å²) in [5.74, 6) is 0.285. The Balaban J connectivity index is 2.12. The van der Waals surface area contributed by atoms with Crippen molar-refractivity contribution in [3.8, 4) is 0 Å². The first kappa shape index (κ1) is 13.1. The fourth-order valence-corrected chi connectivity index (χ4v) is 2.49. The molecule has 0 aliphatic carbocycles. The monoisotopic (exact) mass is 284 g/mol. The number of halogens is 1. The van der Waals surface area contributed by atoms with Crippen molar-refractivity contribution < 1.29 is 9.53 Å². The second kappa shape index (κ2) is 6.02. The van der Waals surface area contributed by atoms with Gasteiger partial charge in [-0.15, -0.1) is 11.6 Å². The van der Waals surface area contributed by atoms with Crippen molar-refractivity contribution in [1.82, 2.24) is 4.98 Å². The number of carbonyl (C=O) groups is 1. The molecule has 0 atom stereocenters. The van der Waals surface area contributed by atoms with Gasteiger partial charge in [0.15, 0.2) is 5.13 Å². The van der Waals surface area contributed by atoms with E-state index in [0.717, 1.165) is 16.6 Å². The van der Waals surface area contributed by atoms with Crippen LogP contribution in [0.25, 0.3) is 10.2 Å². The minimum absolute atomic E-state index is 0.193. The topological polar surface area (TPSA) is 51.2 Å². The number of alkyl halides is 1. The number of nitrogens with zero attached hydrogens (tertiary/aromatic N) is 1. The first-order valence-corrected chi connectivity index (χ1v) is 6.97. The molecule has 0 aliphatic heterocycles. The Bertz CT molecular complexity index is 556. The van der Waals surface area contributed by atoms with Gasteiger partial charge < -0.3 is 4.74 Å². The molecule has 0 fully saturated rings. The lowest BCUT2D eigenvalue weighted by Crippen LogP contribution is -2.14. The summed E-state index contributed by atoms with van der Waals surface area (Å²) in [4.78, 5) is 15.7. The minimum Gasteiger partial charge on any atom is -0.448 e. The summed E-state index contributed by atoms with van der Waals surface area (Å²) in [6.07, 6.45) is 0.458. The first-order valence-electron chi connectivity index (χ1n) is 5.62. The van der Waals surface area contributed by atoms with Crippen LogP contribution in [-0.2, 0) is 11.2 Å². The van der Waals surface area contributed by atoms with E-state index in [-0.39, 0.29) is 12.5 Å². The standard InChI is InChI=1S/C12H13ClN2O2S/c1-2-8-3-4-9-10(7-8)18-11(14-9)15-12(16)17-6-5-13/h3-4,7H,2,5-6H2,1H3,(H,14,15,16). The molecule has 1 aromatic heterocycles. The quantitative estimate of drug-likeness (QED) is 0.872. The predicted molar refractivity (Wildman–Crippen MR) is 74.7 cm³/mol. The number of hydrogen-bond donors (Lipinski definition) is 1. The number of anilines is 1. The summed E-state index contributed by atoms with van der Waals surface area (Å²) in [5, 5.41) is 3.13. The molecule has 1 N–H and O–H groups in total. The number of aromatic nitrogens is 1. The SMILES string of the molecule is CCc1ccc2nc(NC(=O)OCCCl)sc2c1. The molecule has 0 saturated heterocycles. The molecule has 1 aromatic carbocycles. The van der Waals surface area contributed by atoms with E-state index in [2.05, 4.69) is 23.3 Å². The van der Waals surface area contributed by atoms with Crippen LogP contribution >= 0.6 is 22.9 Å². The highest BCUT2D eigenvalue weighted by Gasteiger charge is 2.08. The van der Waals surface area contributed by atoms with Gasteiger partial charge in [0.05, 0.1) is 16.1 Å². The number of hydrogen-bond acceptors (Lipinski definition) is 4. The van der Waals surface area contributed by atoms with Crippen molar-refractivity contribution in [2.24, 2.45) is 0 Å². The van der Waals surface area contributed by atoms with Crippen LogP contribution < -0.4 is 5.32 Å². The average Bonchev–Trinajstić information content (AvgIpc) is 2.77. The van der Waals surface area contributed by atoms with Crippen LogP contribution in [0.3, 0.4) is 0 Å². The number of amides is 1. The third-order valence-electron chi connectivity index (χ3n) is 2.38. The molecule has 18 heavy (non-hydrogen) atoms. The number of benzene rings is 1. The molecule has 1 amide bonds. The zero-order valence-electron chi connectivity index (χ0n) is 9.90. The summed E-state index contributed by atoms with van der Waals surface area (Å²) in [5.41, 5.74) is 2.13. The van der Waals surface area contributed by atoms with E-state index in [0.29, 0.717) is 5.13 Å². The second-order valence-corrected chi connectivity index (χ2v) is 5.03. The highest BCUT2D eigenvalue weighted by atomic mass is 35.5. The molecule has 1 heterocycles. The second-order valence-electron chi connectivity index (χ2n) is 3.62. The smallest absolute Gasteiger partial charge is 0.413 e. The van der Waals surface area contributed by atoms with Crippen LogP contribution in [0.5, 0.6) is 0 Å². The molecular formula is C12H13ClN2O2S. The Morgan fingerprint density at radius 3 is 3.11 bits per heavy atom. The fourth-order valence-electron chi connectivity index (χ4n) is 1.50. The van der Waals surface area contributed by atoms with Crippen LogP contribution in [0.4, 0.5) is 9.93 Å². The molecule has 0 bridgehead atoms. The van der Waals surface area contributed by atoms with Crippen molar-refractivity contribution in [1.29, 1.82) is 0 Å². The fraction of sp³-hybridized carbons (Fsp3) is 0.333. The molecule has 2 rings (SSSR count). The van der Waals surface area contributed by atoms with E-state index in [9.17, 15) is 4.79 Å². The van der Waals surface area contributed by atoms with Gasteiger partial charge in [-0.25, -0.2) is 9.78 Å². The first-order chi connectivity index (χ1) is 8.72. The van der Waals surface area contributed by atoms with Crippen LogP contribution in [0.15, 0.2) is 18.2 Å². The molecule has 96 valence electrons. The van der Waals surface area contributed by atoms with Gasteiger partial charge in [0.1, 0.15) is 6.61 Å². The van der Waals surface area contributed by atoms with Crippen LogP contribution in [0, 0.1) is 0 Å². The van der Waals surface area contributed by atoms with Crippen LogP contribution in [0.2, 0.25) is 0 Å². The molecule has 0 saturated carbocycles. The highest BCUT2D eigenvalue weighted by molar-refractivity contribution is 7.22. The van der Waals surface area contributed by atoms with Crippen molar-refractivity contribution in [3.05, 3.63) is 23.8 Å². The number of aryl methyl sites for hydroxylation is 1. The number of thiazole rings is 1. The number of carbonyl (C=O) groups excluding carboxylic acids is 1. The van der Waals surface area contributed by atoms with Gasteiger partial charge in [-0.1, -0.05) is 24.3 Å². The van der Waals surface area contributed by atoms with Crippen LogP contribution in [0.1, 0.15) is 12.5 Å². The molecule has 0 spiro atoms. The summed E-state index contributed by atoms with van der Waals surface area (Å²) < 4.78 is 5.88. The van der Waals surface area contributed by atoms with Gasteiger partial charge in [-0.2, -0.15) is 0 Å². The van der Waals surface area contributed by atoms with Crippen molar-refractivity contribution in [2.45, 2.75) is 13.3 Å². The summed E-state index contributed by atoms with van der Waals surface area (Å²) in [6, 6.07) is 6.08. The maximum absolute atomic E-state index is 11.3. The lowest BCUT2D eigenvalue weighted by Gasteiger charge is -2.01. The van der Waals surface area contributed by atoms with E-state index in [1.807, 2.05) is 12.1 Å². The Kier molecular flexibility index (Phi) is 4.38. The van der Waals surface area contributed by atoms with Crippen molar-refractivity contribution in [2.75, 3.05) is 17.8 Å². The summed E-state index contributed by atoms with van der Waals surface area (Å²) in [7, 11) is 0. The largest absolute Gasteiger partial charge is 0.448 e. The summed E-state index contributed by atoms with van der Waals surface area (Å²) >= 11 is 6.86. The molecule has 0 aliphatic rings. The normalized spacial score (nSPS) is 10.6. The Morgan fingerprint density at radius 2 is 2.39 bits per heavy atom. The zero-order chi connectivity index (χ0) is 13.0. The molecule has 2 aromatic rings. The maximum Gasteiger partial charge on any atom is 0.413 e. The third kappa shape index (κ3) is 3.11. The van der Waals surface area contributed by atoms with E-state index in [1.165, 1.54) is 16.9 Å². The number of rotatable bonds is 4. The number of fused-ring (bicyclic) bond motifs is 1. The molecule has 0 radical (unpaired) electrons. The minimum atomic E-state index is -0.523. The highest BCUT2D eigenvalue weighted by Crippen LogP contribution is 2.27. The Hall–Kier alpha value is -1.33. The van der Waals surface area contributed by atoms with Crippen molar-refractivity contribution >= 4 is 44.4 Å². The zero-order valence-corrected chi connectivity index (χ0v) is 11.5. The van der Waals surface area contributed by atoms with Gasteiger partial charge in [-0.3, -0.25) is 5.32 Å². The van der Waals surface area contributed by atoms with Gasteiger partial charge >= 0.3 is 6.09 Å².